The zero-order valence-corrected chi connectivity index (χ0v) is 24.7. The first-order valence-electron chi connectivity index (χ1n) is 14.6. The van der Waals surface area contributed by atoms with Crippen LogP contribution >= 0.6 is 0 Å². The molecule has 5 rings (SSSR count). The summed E-state index contributed by atoms with van der Waals surface area (Å²) < 4.78 is 43.6. The van der Waals surface area contributed by atoms with Crippen LogP contribution in [0.1, 0.15) is 22.3 Å². The van der Waals surface area contributed by atoms with Crippen molar-refractivity contribution in [2.75, 3.05) is 20.8 Å². The Morgan fingerprint density at radius 2 is 1.00 bits per heavy atom. The summed E-state index contributed by atoms with van der Waals surface area (Å²) in [6.45, 7) is 1.83. The molecule has 5 atom stereocenters. The Hall–Kier alpha value is -3.56. The molecule has 1 heterocycles. The van der Waals surface area contributed by atoms with Crippen molar-refractivity contribution in [3.8, 4) is 5.75 Å². The summed E-state index contributed by atoms with van der Waals surface area (Å²) >= 11 is 0. The van der Waals surface area contributed by atoms with Crippen LogP contribution in [0.15, 0.2) is 115 Å². The fourth-order valence-corrected chi connectivity index (χ4v) is 5.10. The van der Waals surface area contributed by atoms with E-state index in [9.17, 15) is 0 Å². The second-order valence-corrected chi connectivity index (χ2v) is 10.4. The molecule has 1 saturated heterocycles. The van der Waals surface area contributed by atoms with Gasteiger partial charge in [0.1, 0.15) is 30.2 Å². The van der Waals surface area contributed by atoms with Crippen molar-refractivity contribution in [2.45, 2.75) is 57.1 Å². The Kier molecular flexibility index (Phi) is 11.7. The molecule has 226 valence electrons. The second-order valence-electron chi connectivity index (χ2n) is 10.4. The molecule has 1 aliphatic rings. The minimum atomic E-state index is -0.717. The van der Waals surface area contributed by atoms with Crippen LogP contribution in [-0.4, -0.2) is 51.5 Å². The van der Waals surface area contributed by atoms with Gasteiger partial charge < -0.3 is 33.2 Å². The minimum absolute atomic E-state index is 0.284. The van der Waals surface area contributed by atoms with Gasteiger partial charge >= 0.3 is 0 Å². The van der Waals surface area contributed by atoms with E-state index in [1.807, 2.05) is 115 Å². The molecular formula is C36H40O7. The van der Waals surface area contributed by atoms with Gasteiger partial charge in [-0.15, -0.1) is 0 Å². The SMILES string of the molecule is COc1ccc(COC[C@H]2O[C@@H](OCc3ccccc3)[C@H](OCc3ccccc3)[C@@H](OCc3ccccc3)[C@@H]2OC)cc1. The topological polar surface area (TPSA) is 64.6 Å². The summed E-state index contributed by atoms with van der Waals surface area (Å²) in [7, 11) is 3.32. The molecule has 0 radical (unpaired) electrons. The highest BCUT2D eigenvalue weighted by Crippen LogP contribution is 2.31. The average Bonchev–Trinajstić information content (AvgIpc) is 3.07. The Labute approximate surface area is 254 Å². The predicted octanol–water partition coefficient (Wildman–Crippen LogP) is 6.34. The molecule has 0 saturated carbocycles. The summed E-state index contributed by atoms with van der Waals surface area (Å²) in [6, 6.07) is 38.0. The number of benzene rings is 4. The lowest BCUT2D eigenvalue weighted by Crippen LogP contribution is -2.61. The monoisotopic (exact) mass is 584 g/mol. The van der Waals surface area contributed by atoms with Gasteiger partial charge in [-0.1, -0.05) is 103 Å². The van der Waals surface area contributed by atoms with Crippen LogP contribution in [0.2, 0.25) is 0 Å². The van der Waals surface area contributed by atoms with E-state index in [2.05, 4.69) is 0 Å². The van der Waals surface area contributed by atoms with Crippen LogP contribution in [-0.2, 0) is 54.8 Å². The van der Waals surface area contributed by atoms with Gasteiger partial charge in [0, 0.05) is 7.11 Å². The summed E-state index contributed by atoms with van der Waals surface area (Å²) in [5, 5.41) is 0. The number of ether oxygens (including phenoxy) is 7. The lowest BCUT2D eigenvalue weighted by Gasteiger charge is -2.45. The van der Waals surface area contributed by atoms with Crippen LogP contribution in [0.3, 0.4) is 0 Å². The van der Waals surface area contributed by atoms with Crippen molar-refractivity contribution < 1.29 is 33.2 Å². The Balaban J connectivity index is 1.36. The summed E-state index contributed by atoms with van der Waals surface area (Å²) in [5.74, 6) is 0.803. The van der Waals surface area contributed by atoms with Crippen LogP contribution < -0.4 is 4.74 Å². The number of methoxy groups -OCH3 is 2. The molecule has 4 aromatic rings. The van der Waals surface area contributed by atoms with Crippen molar-refractivity contribution in [1.82, 2.24) is 0 Å². The van der Waals surface area contributed by atoms with E-state index >= 15 is 0 Å². The van der Waals surface area contributed by atoms with Crippen molar-refractivity contribution >= 4 is 0 Å². The van der Waals surface area contributed by atoms with Crippen LogP contribution in [0.5, 0.6) is 5.75 Å². The van der Waals surface area contributed by atoms with E-state index in [4.69, 9.17) is 33.2 Å². The molecular weight excluding hydrogens is 544 g/mol. The fraction of sp³-hybridized carbons (Fsp3) is 0.333. The molecule has 0 amide bonds. The van der Waals surface area contributed by atoms with E-state index in [1.165, 1.54) is 0 Å². The summed E-state index contributed by atoms with van der Waals surface area (Å²) in [4.78, 5) is 0. The van der Waals surface area contributed by atoms with Gasteiger partial charge in [0.15, 0.2) is 6.29 Å². The molecule has 43 heavy (non-hydrogen) atoms. The van der Waals surface area contributed by atoms with Gasteiger partial charge in [0.2, 0.25) is 0 Å². The third-order valence-corrected chi connectivity index (χ3v) is 7.40. The highest BCUT2D eigenvalue weighted by atomic mass is 16.7. The first-order chi connectivity index (χ1) is 21.2. The van der Waals surface area contributed by atoms with Gasteiger partial charge in [-0.2, -0.15) is 0 Å². The van der Waals surface area contributed by atoms with E-state index in [0.717, 1.165) is 28.0 Å². The van der Waals surface area contributed by atoms with Gasteiger partial charge in [-0.3, -0.25) is 0 Å². The third kappa shape index (κ3) is 8.97. The Morgan fingerprint density at radius 1 is 0.512 bits per heavy atom. The highest BCUT2D eigenvalue weighted by Gasteiger charge is 2.48. The van der Waals surface area contributed by atoms with Crippen LogP contribution in [0.25, 0.3) is 0 Å². The zero-order chi connectivity index (χ0) is 29.7. The minimum Gasteiger partial charge on any atom is -0.497 e. The normalized spacial score (nSPS) is 21.9. The largest absolute Gasteiger partial charge is 0.497 e. The van der Waals surface area contributed by atoms with Crippen molar-refractivity contribution in [2.24, 2.45) is 0 Å². The quantitative estimate of drug-likeness (QED) is 0.162. The molecule has 0 aromatic heterocycles. The molecule has 1 fully saturated rings. The summed E-state index contributed by atoms with van der Waals surface area (Å²) in [6.07, 6.45) is -2.68. The predicted molar refractivity (Wildman–Crippen MR) is 163 cm³/mol. The van der Waals surface area contributed by atoms with Gasteiger partial charge in [-0.05, 0) is 34.4 Å². The third-order valence-electron chi connectivity index (χ3n) is 7.40. The maximum Gasteiger partial charge on any atom is 0.187 e. The van der Waals surface area contributed by atoms with E-state index < -0.39 is 30.7 Å². The lowest BCUT2D eigenvalue weighted by atomic mass is 9.98. The lowest BCUT2D eigenvalue weighted by molar-refractivity contribution is -0.327. The maximum absolute atomic E-state index is 6.60. The highest BCUT2D eigenvalue weighted by molar-refractivity contribution is 5.26. The molecule has 0 N–H and O–H groups in total. The first kappa shape index (κ1) is 30.9. The van der Waals surface area contributed by atoms with Crippen molar-refractivity contribution in [3.63, 3.8) is 0 Å². The maximum atomic E-state index is 6.60. The van der Waals surface area contributed by atoms with Crippen LogP contribution in [0, 0.1) is 0 Å². The standard InChI is InChI=1S/C36H40O7/c1-37-31-20-18-30(19-21-31)22-39-26-32-33(38-2)34(40-23-27-12-6-3-7-13-27)35(41-24-28-14-8-4-9-15-28)36(43-32)42-25-29-16-10-5-11-17-29/h3-21,32-36H,22-26H2,1-2H3/t32-,33-,34+,35-,36-/m1/s1. The molecule has 1 aliphatic heterocycles. The Bertz CT molecular complexity index is 1320. The van der Waals surface area contributed by atoms with Crippen molar-refractivity contribution in [1.29, 1.82) is 0 Å². The smallest absolute Gasteiger partial charge is 0.187 e. The second kappa shape index (κ2) is 16.3. The van der Waals surface area contributed by atoms with Gasteiger partial charge in [0.05, 0.1) is 40.1 Å². The van der Waals surface area contributed by atoms with Gasteiger partial charge in [0.25, 0.3) is 0 Å². The number of rotatable bonds is 15. The van der Waals surface area contributed by atoms with Crippen molar-refractivity contribution in [3.05, 3.63) is 138 Å². The fourth-order valence-electron chi connectivity index (χ4n) is 5.10. The zero-order valence-electron chi connectivity index (χ0n) is 24.7. The molecule has 0 bridgehead atoms. The first-order valence-corrected chi connectivity index (χ1v) is 14.6. The number of hydrogen-bond acceptors (Lipinski definition) is 7. The molecule has 4 aromatic carbocycles. The molecule has 7 heteroatoms. The molecule has 7 nitrogen and oxygen atoms in total. The molecule has 0 unspecified atom stereocenters. The Morgan fingerprint density at radius 3 is 1.51 bits per heavy atom. The van der Waals surface area contributed by atoms with Crippen LogP contribution in [0.4, 0.5) is 0 Å². The van der Waals surface area contributed by atoms with E-state index in [-0.39, 0.29) is 6.61 Å². The van der Waals surface area contributed by atoms with E-state index in [1.54, 1.807) is 14.2 Å². The van der Waals surface area contributed by atoms with Gasteiger partial charge in [-0.25, -0.2) is 0 Å². The average molecular weight is 585 g/mol. The van der Waals surface area contributed by atoms with E-state index in [0.29, 0.717) is 26.4 Å². The number of hydrogen-bond donors (Lipinski definition) is 0. The molecule has 0 spiro atoms. The molecule has 0 aliphatic carbocycles. The summed E-state index contributed by atoms with van der Waals surface area (Å²) in [5.41, 5.74) is 4.17.